The summed E-state index contributed by atoms with van der Waals surface area (Å²) in [6, 6.07) is 7.64. The molecule has 0 saturated carbocycles. The smallest absolute Gasteiger partial charge is 0.169 e. The number of hydrogen-bond donors (Lipinski definition) is 1. The fraction of sp³-hybridized carbons (Fsp3) is 0.143. The highest BCUT2D eigenvalue weighted by Crippen LogP contribution is 2.26. The lowest BCUT2D eigenvalue weighted by Crippen LogP contribution is -2.09. The Bertz CT molecular complexity index is 1090. The maximum absolute atomic E-state index is 13.9. The highest BCUT2D eigenvalue weighted by Gasteiger charge is 2.15. The lowest BCUT2D eigenvalue weighted by molar-refractivity contribution is 0.111. The summed E-state index contributed by atoms with van der Waals surface area (Å²) >= 11 is 11.9. The molecule has 1 N–H and O–H groups in total. The van der Waals surface area contributed by atoms with Gasteiger partial charge in [-0.1, -0.05) is 23.2 Å². The molecule has 2 heterocycles. The average Bonchev–Trinajstić information content (AvgIpc) is 2.75. The standard InChI is InChI=1S/C21H17Cl2FN4O2/c1-2-30-9-7-14-19(12-29)27-20(13-5-6-15(22)17(24)10-13)28-21(14)26-11-18-16(23)4-3-8-25-18/h3-10,12H,2,11H2,1H3,(H,26,27,28)/b9-7-. The molecule has 0 spiro atoms. The molecule has 0 bridgehead atoms. The van der Waals surface area contributed by atoms with Crippen LogP contribution in [0.2, 0.25) is 10.0 Å². The van der Waals surface area contributed by atoms with E-state index in [4.69, 9.17) is 27.9 Å². The van der Waals surface area contributed by atoms with Crippen molar-refractivity contribution in [3.8, 4) is 11.4 Å². The quantitative estimate of drug-likeness (QED) is 0.367. The van der Waals surface area contributed by atoms with Crippen LogP contribution in [0.3, 0.4) is 0 Å². The van der Waals surface area contributed by atoms with E-state index < -0.39 is 5.82 Å². The van der Waals surface area contributed by atoms with Crippen LogP contribution in [0, 0.1) is 5.82 Å². The predicted molar refractivity (Wildman–Crippen MR) is 115 cm³/mol. The van der Waals surface area contributed by atoms with E-state index in [2.05, 4.69) is 20.3 Å². The molecule has 6 nitrogen and oxygen atoms in total. The van der Waals surface area contributed by atoms with Gasteiger partial charge in [0.2, 0.25) is 0 Å². The molecular weight excluding hydrogens is 430 g/mol. The van der Waals surface area contributed by atoms with Gasteiger partial charge in [-0.3, -0.25) is 9.78 Å². The van der Waals surface area contributed by atoms with Gasteiger partial charge in [-0.25, -0.2) is 14.4 Å². The van der Waals surface area contributed by atoms with Crippen molar-refractivity contribution in [1.82, 2.24) is 15.0 Å². The number of aldehydes is 1. The second kappa shape index (κ2) is 10.1. The normalized spacial score (nSPS) is 10.9. The Kier molecular flexibility index (Phi) is 7.32. The monoisotopic (exact) mass is 446 g/mol. The molecule has 1 aromatic carbocycles. The van der Waals surface area contributed by atoms with Gasteiger partial charge in [-0.15, -0.1) is 0 Å². The van der Waals surface area contributed by atoms with Gasteiger partial charge in [0.15, 0.2) is 12.1 Å². The third-order valence-corrected chi connectivity index (χ3v) is 4.67. The number of hydrogen-bond acceptors (Lipinski definition) is 6. The van der Waals surface area contributed by atoms with Crippen LogP contribution in [0.1, 0.15) is 28.7 Å². The van der Waals surface area contributed by atoms with Crippen LogP contribution in [0.15, 0.2) is 42.8 Å². The van der Waals surface area contributed by atoms with E-state index in [1.165, 1.54) is 18.4 Å². The molecule has 0 saturated heterocycles. The van der Waals surface area contributed by atoms with Gasteiger partial charge in [0.25, 0.3) is 0 Å². The van der Waals surface area contributed by atoms with Gasteiger partial charge in [-0.05, 0) is 43.3 Å². The van der Waals surface area contributed by atoms with Crippen molar-refractivity contribution < 1.29 is 13.9 Å². The first-order chi connectivity index (χ1) is 14.5. The third-order valence-electron chi connectivity index (χ3n) is 4.02. The number of ether oxygens (including phenoxy) is 1. The zero-order chi connectivity index (χ0) is 21.5. The van der Waals surface area contributed by atoms with Crippen molar-refractivity contribution in [2.45, 2.75) is 13.5 Å². The number of nitrogens with zero attached hydrogens (tertiary/aromatic N) is 3. The number of nitrogens with one attached hydrogen (secondary N) is 1. The van der Waals surface area contributed by atoms with E-state index >= 15 is 0 Å². The highest BCUT2D eigenvalue weighted by molar-refractivity contribution is 6.31. The van der Waals surface area contributed by atoms with Crippen molar-refractivity contribution in [3.05, 3.63) is 75.6 Å². The van der Waals surface area contributed by atoms with E-state index in [1.54, 1.807) is 30.5 Å². The topological polar surface area (TPSA) is 77.0 Å². The lowest BCUT2D eigenvalue weighted by Gasteiger charge is -2.13. The van der Waals surface area contributed by atoms with Crippen molar-refractivity contribution >= 4 is 41.4 Å². The van der Waals surface area contributed by atoms with Crippen LogP contribution >= 0.6 is 23.2 Å². The number of anilines is 1. The number of aromatic nitrogens is 3. The second-order valence-corrected chi connectivity index (χ2v) is 6.80. The Morgan fingerprint density at radius 1 is 1.20 bits per heavy atom. The zero-order valence-corrected chi connectivity index (χ0v) is 17.4. The number of carbonyl (C=O) groups is 1. The Labute approximate surface area is 182 Å². The van der Waals surface area contributed by atoms with E-state index in [-0.39, 0.29) is 23.1 Å². The van der Waals surface area contributed by atoms with Gasteiger partial charge in [-0.2, -0.15) is 0 Å². The van der Waals surface area contributed by atoms with Crippen molar-refractivity contribution in [1.29, 1.82) is 0 Å². The second-order valence-electron chi connectivity index (χ2n) is 5.99. The van der Waals surface area contributed by atoms with Crippen LogP contribution in [0.25, 0.3) is 17.5 Å². The summed E-state index contributed by atoms with van der Waals surface area (Å²) in [5.74, 6) is -0.105. The molecule has 0 aliphatic carbocycles. The molecule has 0 fully saturated rings. The Balaban J connectivity index is 2.05. The first-order valence-electron chi connectivity index (χ1n) is 8.97. The largest absolute Gasteiger partial charge is 0.501 e. The lowest BCUT2D eigenvalue weighted by atomic mass is 10.1. The Morgan fingerprint density at radius 2 is 2.03 bits per heavy atom. The van der Waals surface area contributed by atoms with Crippen molar-refractivity contribution in [2.24, 2.45) is 0 Å². The van der Waals surface area contributed by atoms with E-state index in [1.807, 2.05) is 6.92 Å². The fourth-order valence-electron chi connectivity index (χ4n) is 2.57. The zero-order valence-electron chi connectivity index (χ0n) is 15.9. The Hall–Kier alpha value is -3.03. The molecule has 0 aliphatic heterocycles. The number of pyridine rings is 1. The molecule has 0 atom stereocenters. The highest BCUT2D eigenvalue weighted by atomic mass is 35.5. The molecule has 2 aromatic heterocycles. The summed E-state index contributed by atoms with van der Waals surface area (Å²) < 4.78 is 19.2. The molecule has 9 heteroatoms. The van der Waals surface area contributed by atoms with Crippen LogP contribution in [-0.4, -0.2) is 27.8 Å². The number of halogens is 3. The molecule has 30 heavy (non-hydrogen) atoms. The summed E-state index contributed by atoms with van der Waals surface area (Å²) in [6.07, 6.45) is 5.26. The first-order valence-corrected chi connectivity index (χ1v) is 9.73. The average molecular weight is 447 g/mol. The van der Waals surface area contributed by atoms with Crippen LogP contribution in [-0.2, 0) is 11.3 Å². The Morgan fingerprint density at radius 3 is 2.73 bits per heavy atom. The minimum absolute atomic E-state index is 0.0197. The summed E-state index contributed by atoms with van der Waals surface area (Å²) in [5, 5.41) is 3.59. The molecule has 0 amide bonds. The molecule has 0 unspecified atom stereocenters. The summed E-state index contributed by atoms with van der Waals surface area (Å²) in [7, 11) is 0. The molecule has 3 rings (SSSR count). The number of rotatable bonds is 8. The molecule has 154 valence electrons. The van der Waals surface area contributed by atoms with E-state index in [0.29, 0.717) is 40.6 Å². The maximum atomic E-state index is 13.9. The van der Waals surface area contributed by atoms with Crippen molar-refractivity contribution in [2.75, 3.05) is 11.9 Å². The van der Waals surface area contributed by atoms with E-state index in [0.717, 1.165) is 0 Å². The van der Waals surface area contributed by atoms with Gasteiger partial charge in [0.05, 0.1) is 35.2 Å². The maximum Gasteiger partial charge on any atom is 0.169 e. The minimum atomic E-state index is -0.611. The molecule has 0 radical (unpaired) electrons. The SMILES string of the molecule is CCO/C=C\c1c(C=O)nc(-c2ccc(Cl)c(F)c2)nc1NCc1ncccc1Cl. The van der Waals surface area contributed by atoms with Crippen LogP contribution in [0.4, 0.5) is 10.2 Å². The van der Waals surface area contributed by atoms with Crippen LogP contribution < -0.4 is 5.32 Å². The van der Waals surface area contributed by atoms with Gasteiger partial charge < -0.3 is 10.1 Å². The summed E-state index contributed by atoms with van der Waals surface area (Å²) in [6.45, 7) is 2.54. The van der Waals surface area contributed by atoms with Crippen LogP contribution in [0.5, 0.6) is 0 Å². The van der Waals surface area contributed by atoms with E-state index in [9.17, 15) is 9.18 Å². The summed E-state index contributed by atoms with van der Waals surface area (Å²) in [4.78, 5) is 24.7. The number of benzene rings is 1. The third kappa shape index (κ3) is 5.11. The minimum Gasteiger partial charge on any atom is -0.501 e. The molecule has 0 aliphatic rings. The van der Waals surface area contributed by atoms with Gasteiger partial charge >= 0.3 is 0 Å². The summed E-state index contributed by atoms with van der Waals surface area (Å²) in [5.41, 5.74) is 1.51. The number of carbonyl (C=O) groups excluding carboxylic acids is 1. The fourth-order valence-corrected chi connectivity index (χ4v) is 2.87. The molecular formula is C21H17Cl2FN4O2. The first kappa shape index (κ1) is 21.7. The van der Waals surface area contributed by atoms with Crippen molar-refractivity contribution in [3.63, 3.8) is 0 Å². The predicted octanol–water partition coefficient (Wildman–Crippen LogP) is 5.42. The van der Waals surface area contributed by atoms with Gasteiger partial charge in [0, 0.05) is 17.3 Å². The molecule has 3 aromatic rings. The van der Waals surface area contributed by atoms with Gasteiger partial charge in [0.1, 0.15) is 17.3 Å².